The van der Waals surface area contributed by atoms with Crippen LogP contribution in [0.2, 0.25) is 0 Å². The molecular weight excluding hydrogens is 444 g/mol. The summed E-state index contributed by atoms with van der Waals surface area (Å²) in [4.78, 5) is 36.7. The molecule has 6 rings (SSSR count). The van der Waals surface area contributed by atoms with E-state index in [2.05, 4.69) is 34.9 Å². The highest BCUT2D eigenvalue weighted by atomic mass is 16.5. The Morgan fingerprint density at radius 2 is 1.49 bits per heavy atom. The number of carbonyl (C=O) groups excluding carboxylic acids is 2. The van der Waals surface area contributed by atoms with Crippen LogP contribution in [0.15, 0.2) is 48.5 Å². The highest BCUT2D eigenvalue weighted by molar-refractivity contribution is 5.84. The van der Waals surface area contributed by atoms with Crippen LogP contribution in [0.4, 0.5) is 4.79 Å². The van der Waals surface area contributed by atoms with Crippen LogP contribution in [-0.4, -0.2) is 41.3 Å². The molecule has 0 heterocycles. The lowest BCUT2D eigenvalue weighted by Crippen LogP contribution is -2.60. The number of carboxylic acid groups (broad SMARTS) is 1. The summed E-state index contributed by atoms with van der Waals surface area (Å²) in [6.07, 6.45) is 3.72. The average Bonchev–Trinajstić information content (AvgIpc) is 3.17. The molecule has 0 saturated heterocycles. The molecule has 0 unspecified atom stereocenters. The SMILES string of the molecule is C[C@@H](CC(=O)O)NC(=O)C12CCC(NC(=O)OCC3c4ccccc4-c4ccccc43)(CC1)CC2. The van der Waals surface area contributed by atoms with E-state index in [0.29, 0.717) is 19.3 Å². The van der Waals surface area contributed by atoms with Gasteiger partial charge in [-0.3, -0.25) is 9.59 Å². The normalized spacial score (nSPS) is 25.3. The molecule has 184 valence electrons. The first kappa shape index (κ1) is 23.4. The topological polar surface area (TPSA) is 105 Å². The van der Waals surface area contributed by atoms with Crippen LogP contribution >= 0.6 is 0 Å². The Morgan fingerprint density at radius 1 is 0.943 bits per heavy atom. The van der Waals surface area contributed by atoms with E-state index in [4.69, 9.17) is 9.84 Å². The van der Waals surface area contributed by atoms with Crippen LogP contribution in [0.1, 0.15) is 68.9 Å². The number of carbonyl (C=O) groups is 3. The Bertz CT molecular complexity index is 1090. The lowest BCUT2D eigenvalue weighted by Gasteiger charge is -2.52. The zero-order chi connectivity index (χ0) is 24.6. The Labute approximate surface area is 205 Å². The van der Waals surface area contributed by atoms with Gasteiger partial charge >= 0.3 is 12.1 Å². The molecular formula is C28H32N2O5. The van der Waals surface area contributed by atoms with Crippen molar-refractivity contribution in [2.24, 2.45) is 5.41 Å². The van der Waals surface area contributed by atoms with E-state index in [0.717, 1.165) is 19.3 Å². The summed E-state index contributed by atoms with van der Waals surface area (Å²) in [5.74, 6) is -0.956. The molecule has 0 aromatic heterocycles. The van der Waals surface area contributed by atoms with Gasteiger partial charge in [-0.15, -0.1) is 0 Å². The van der Waals surface area contributed by atoms with Crippen LogP contribution in [0, 0.1) is 5.41 Å². The van der Waals surface area contributed by atoms with Crippen LogP contribution in [0.25, 0.3) is 11.1 Å². The zero-order valence-corrected chi connectivity index (χ0v) is 20.0. The summed E-state index contributed by atoms with van der Waals surface area (Å²) in [7, 11) is 0. The Morgan fingerprint density at radius 3 is 2.03 bits per heavy atom. The fourth-order valence-corrected chi connectivity index (χ4v) is 6.25. The molecule has 2 bridgehead atoms. The van der Waals surface area contributed by atoms with Crippen molar-refractivity contribution < 1.29 is 24.2 Å². The summed E-state index contributed by atoms with van der Waals surface area (Å²) >= 11 is 0. The third-order valence-electron chi connectivity index (χ3n) is 8.30. The first-order chi connectivity index (χ1) is 16.8. The van der Waals surface area contributed by atoms with Crippen molar-refractivity contribution in [1.82, 2.24) is 10.6 Å². The number of aliphatic carboxylic acids is 1. The molecule has 35 heavy (non-hydrogen) atoms. The highest BCUT2D eigenvalue weighted by Crippen LogP contribution is 2.52. The number of benzene rings is 2. The summed E-state index contributed by atoms with van der Waals surface area (Å²) in [5.41, 5.74) is 3.96. The molecule has 1 atom stereocenters. The minimum Gasteiger partial charge on any atom is -0.481 e. The van der Waals surface area contributed by atoms with Crippen LogP contribution in [0.5, 0.6) is 0 Å². The molecule has 3 N–H and O–H groups in total. The second kappa shape index (κ2) is 9.02. The second-order valence-corrected chi connectivity index (χ2v) is 10.5. The summed E-state index contributed by atoms with van der Waals surface area (Å²) in [6, 6.07) is 16.1. The summed E-state index contributed by atoms with van der Waals surface area (Å²) in [5, 5.41) is 15.0. The van der Waals surface area contributed by atoms with E-state index in [1.807, 2.05) is 24.3 Å². The van der Waals surface area contributed by atoms with Gasteiger partial charge in [0, 0.05) is 22.9 Å². The molecule has 7 nitrogen and oxygen atoms in total. The number of alkyl carbamates (subject to hydrolysis) is 1. The third-order valence-corrected chi connectivity index (χ3v) is 8.30. The predicted octanol–water partition coefficient (Wildman–Crippen LogP) is 4.60. The number of nitrogens with one attached hydrogen (secondary N) is 2. The second-order valence-electron chi connectivity index (χ2n) is 10.5. The molecule has 3 fully saturated rings. The first-order valence-electron chi connectivity index (χ1n) is 12.5. The molecule has 7 heteroatoms. The van der Waals surface area contributed by atoms with Gasteiger partial charge in [-0.1, -0.05) is 48.5 Å². The van der Waals surface area contributed by atoms with Crippen molar-refractivity contribution in [2.75, 3.05) is 6.61 Å². The van der Waals surface area contributed by atoms with Gasteiger partial charge in [-0.05, 0) is 67.7 Å². The minimum atomic E-state index is -0.922. The van der Waals surface area contributed by atoms with E-state index in [1.54, 1.807) is 6.92 Å². The maximum Gasteiger partial charge on any atom is 0.407 e. The van der Waals surface area contributed by atoms with Crippen molar-refractivity contribution in [3.63, 3.8) is 0 Å². The molecule has 2 amide bonds. The van der Waals surface area contributed by atoms with Crippen LogP contribution in [-0.2, 0) is 14.3 Å². The Hall–Kier alpha value is -3.35. The Balaban J connectivity index is 1.18. The fourth-order valence-electron chi connectivity index (χ4n) is 6.25. The maximum atomic E-state index is 12.9. The number of hydrogen-bond acceptors (Lipinski definition) is 4. The van der Waals surface area contributed by atoms with Crippen molar-refractivity contribution in [3.05, 3.63) is 59.7 Å². The number of ether oxygens (including phenoxy) is 1. The van der Waals surface area contributed by atoms with E-state index >= 15 is 0 Å². The lowest BCUT2D eigenvalue weighted by atomic mass is 9.57. The summed E-state index contributed by atoms with van der Waals surface area (Å²) in [6.45, 7) is 2.00. The third kappa shape index (κ3) is 4.40. The van der Waals surface area contributed by atoms with E-state index in [9.17, 15) is 14.4 Å². The quantitative estimate of drug-likeness (QED) is 0.542. The standard InChI is InChI=1S/C28H32N2O5/c1-18(16-24(31)32)29-25(33)27-10-13-28(14-11-27,15-12-27)30-26(34)35-17-23-21-8-4-2-6-19(21)20-7-3-5-9-22(20)23/h2-9,18,23H,10-17H2,1H3,(H,29,33)(H,30,34)(H,31,32)/t18-,27?,28?/m0/s1. The summed E-state index contributed by atoms with van der Waals surface area (Å²) < 4.78 is 5.76. The van der Waals surface area contributed by atoms with Gasteiger partial charge in [-0.25, -0.2) is 4.79 Å². The number of carboxylic acids is 1. The monoisotopic (exact) mass is 476 g/mol. The van der Waals surface area contributed by atoms with Gasteiger partial charge in [0.05, 0.1) is 6.42 Å². The van der Waals surface area contributed by atoms with Gasteiger partial charge in [0.2, 0.25) is 5.91 Å². The molecule has 0 aliphatic heterocycles. The van der Waals surface area contributed by atoms with Gasteiger partial charge in [0.15, 0.2) is 0 Å². The zero-order valence-electron chi connectivity index (χ0n) is 20.0. The molecule has 2 aromatic carbocycles. The van der Waals surface area contributed by atoms with E-state index in [1.165, 1.54) is 22.3 Å². The molecule has 0 radical (unpaired) electrons. The van der Waals surface area contributed by atoms with Gasteiger partial charge in [0.1, 0.15) is 6.61 Å². The first-order valence-corrected chi connectivity index (χ1v) is 12.5. The van der Waals surface area contributed by atoms with Crippen molar-refractivity contribution >= 4 is 18.0 Å². The predicted molar refractivity (Wildman–Crippen MR) is 131 cm³/mol. The van der Waals surface area contributed by atoms with Crippen molar-refractivity contribution in [3.8, 4) is 11.1 Å². The molecule has 3 saturated carbocycles. The number of fused-ring (bicyclic) bond motifs is 6. The maximum absolute atomic E-state index is 12.9. The van der Waals surface area contributed by atoms with Crippen molar-refractivity contribution in [2.45, 2.75) is 69.4 Å². The van der Waals surface area contributed by atoms with Crippen LogP contribution in [0.3, 0.4) is 0 Å². The Kier molecular flexibility index (Phi) is 6.03. The van der Waals surface area contributed by atoms with E-state index in [-0.39, 0.29) is 30.4 Å². The number of amides is 2. The molecule has 2 aromatic rings. The number of rotatable bonds is 7. The van der Waals surface area contributed by atoms with Crippen LogP contribution < -0.4 is 10.6 Å². The van der Waals surface area contributed by atoms with Gasteiger partial charge in [-0.2, -0.15) is 0 Å². The highest BCUT2D eigenvalue weighted by Gasteiger charge is 2.53. The largest absolute Gasteiger partial charge is 0.481 e. The average molecular weight is 477 g/mol. The molecule has 4 aliphatic carbocycles. The van der Waals surface area contributed by atoms with Gasteiger partial charge in [0.25, 0.3) is 0 Å². The van der Waals surface area contributed by atoms with Crippen molar-refractivity contribution in [1.29, 1.82) is 0 Å². The number of hydrogen-bond donors (Lipinski definition) is 3. The molecule has 0 spiro atoms. The fraction of sp³-hybridized carbons (Fsp3) is 0.464. The lowest BCUT2D eigenvalue weighted by molar-refractivity contribution is -0.140. The van der Waals surface area contributed by atoms with Gasteiger partial charge < -0.3 is 20.5 Å². The van der Waals surface area contributed by atoms with E-state index < -0.39 is 23.5 Å². The molecule has 4 aliphatic rings. The smallest absolute Gasteiger partial charge is 0.407 e. The minimum absolute atomic E-state index is 0.0208.